The van der Waals surface area contributed by atoms with E-state index >= 15 is 0 Å². The van der Waals surface area contributed by atoms with E-state index in [2.05, 4.69) is 17.1 Å². The van der Waals surface area contributed by atoms with Crippen molar-refractivity contribution in [3.63, 3.8) is 0 Å². The summed E-state index contributed by atoms with van der Waals surface area (Å²) in [6, 6.07) is 0. The average Bonchev–Trinajstić information content (AvgIpc) is 2.94. The van der Waals surface area contributed by atoms with Crippen molar-refractivity contribution in [1.82, 2.24) is 10.1 Å². The van der Waals surface area contributed by atoms with Crippen LogP contribution < -0.4 is 0 Å². The van der Waals surface area contributed by atoms with Gasteiger partial charge >= 0.3 is 5.97 Å². The van der Waals surface area contributed by atoms with Crippen LogP contribution in [0.2, 0.25) is 0 Å². The van der Waals surface area contributed by atoms with Gasteiger partial charge in [0.1, 0.15) is 6.10 Å². The van der Waals surface area contributed by atoms with Gasteiger partial charge in [-0.1, -0.05) is 31.3 Å². The highest BCUT2D eigenvalue weighted by atomic mass is 16.5. The zero-order valence-electron chi connectivity index (χ0n) is 12.0. The molecule has 1 aromatic rings. The number of carboxylic acids is 1. The molecule has 3 unspecified atom stereocenters. The summed E-state index contributed by atoms with van der Waals surface area (Å²) < 4.78 is 10.7. The first-order valence-corrected chi connectivity index (χ1v) is 7.26. The van der Waals surface area contributed by atoms with Crippen LogP contribution in [0.5, 0.6) is 0 Å². The predicted molar refractivity (Wildman–Crippen MR) is 71.3 cm³/mol. The van der Waals surface area contributed by atoms with E-state index in [1.807, 2.05) is 0 Å². The van der Waals surface area contributed by atoms with Gasteiger partial charge in [-0.05, 0) is 19.3 Å². The molecular weight excluding hydrogens is 260 g/mol. The third kappa shape index (κ3) is 3.17. The molecule has 0 bridgehead atoms. The minimum absolute atomic E-state index is 0.165. The first kappa shape index (κ1) is 15.0. The normalized spacial score (nSPS) is 24.5. The van der Waals surface area contributed by atoms with Gasteiger partial charge in [-0.2, -0.15) is 4.98 Å². The lowest BCUT2D eigenvalue weighted by Crippen LogP contribution is -2.25. The highest BCUT2D eigenvalue weighted by Crippen LogP contribution is 2.37. The van der Waals surface area contributed by atoms with Crippen LogP contribution >= 0.6 is 0 Å². The zero-order chi connectivity index (χ0) is 14.5. The Balaban J connectivity index is 2.15. The molecule has 1 saturated carbocycles. The van der Waals surface area contributed by atoms with Crippen LogP contribution in [0.25, 0.3) is 0 Å². The van der Waals surface area contributed by atoms with Gasteiger partial charge in [0.25, 0.3) is 0 Å². The second-order valence-corrected chi connectivity index (χ2v) is 5.34. The molecule has 1 heterocycles. The molecule has 0 saturated heterocycles. The molecule has 1 aliphatic carbocycles. The van der Waals surface area contributed by atoms with Crippen LogP contribution in [0, 0.1) is 5.92 Å². The maximum absolute atomic E-state index is 11.3. The molecule has 0 amide bonds. The summed E-state index contributed by atoms with van der Waals surface area (Å²) in [5.41, 5.74) is 0. The van der Waals surface area contributed by atoms with E-state index in [-0.39, 0.29) is 12.0 Å². The van der Waals surface area contributed by atoms with Crippen LogP contribution in [0.4, 0.5) is 0 Å². The maximum Gasteiger partial charge on any atom is 0.307 e. The highest BCUT2D eigenvalue weighted by molar-refractivity contribution is 5.71. The molecule has 6 heteroatoms. The van der Waals surface area contributed by atoms with E-state index in [4.69, 9.17) is 9.26 Å². The maximum atomic E-state index is 11.3. The number of aromatic nitrogens is 2. The van der Waals surface area contributed by atoms with Gasteiger partial charge in [0.05, 0.1) is 11.8 Å². The van der Waals surface area contributed by atoms with Crippen molar-refractivity contribution >= 4 is 5.97 Å². The molecule has 1 aromatic heterocycles. The minimum atomic E-state index is -0.772. The number of methoxy groups -OCH3 is 1. The van der Waals surface area contributed by atoms with Crippen molar-refractivity contribution in [2.24, 2.45) is 5.92 Å². The summed E-state index contributed by atoms with van der Waals surface area (Å²) in [6.07, 6.45) is 5.04. The summed E-state index contributed by atoms with van der Waals surface area (Å²) in [6.45, 7) is 2.06. The number of hydrogen-bond donors (Lipinski definition) is 1. The van der Waals surface area contributed by atoms with Gasteiger partial charge in [0.2, 0.25) is 11.7 Å². The monoisotopic (exact) mass is 282 g/mol. The fraction of sp³-hybridized carbons (Fsp3) is 0.786. The van der Waals surface area contributed by atoms with E-state index in [1.54, 1.807) is 7.11 Å². The molecule has 0 aliphatic heterocycles. The van der Waals surface area contributed by atoms with Gasteiger partial charge in [-0.25, -0.2) is 0 Å². The first-order valence-electron chi connectivity index (χ1n) is 7.26. The Morgan fingerprint density at radius 1 is 1.50 bits per heavy atom. The number of rotatable bonds is 6. The SMILES string of the molecule is CCCC(OC)c1noc(C2CCCCC2C(=O)O)n1. The van der Waals surface area contributed by atoms with Crippen molar-refractivity contribution in [3.05, 3.63) is 11.7 Å². The Kier molecular flexibility index (Phi) is 5.11. The Hall–Kier alpha value is -1.43. The molecule has 0 aromatic carbocycles. The van der Waals surface area contributed by atoms with Gasteiger partial charge in [0, 0.05) is 7.11 Å². The smallest absolute Gasteiger partial charge is 0.307 e. The highest BCUT2D eigenvalue weighted by Gasteiger charge is 2.36. The molecule has 112 valence electrons. The van der Waals surface area contributed by atoms with E-state index < -0.39 is 11.9 Å². The van der Waals surface area contributed by atoms with Crippen molar-refractivity contribution in [2.75, 3.05) is 7.11 Å². The second-order valence-electron chi connectivity index (χ2n) is 5.34. The quantitative estimate of drug-likeness (QED) is 0.863. The number of aliphatic carboxylic acids is 1. The fourth-order valence-corrected chi connectivity index (χ4v) is 2.87. The molecule has 1 fully saturated rings. The number of nitrogens with zero attached hydrogens (tertiary/aromatic N) is 2. The summed E-state index contributed by atoms with van der Waals surface area (Å²) in [5, 5.41) is 13.3. The molecule has 1 aliphatic rings. The van der Waals surface area contributed by atoms with Crippen LogP contribution in [0.15, 0.2) is 4.52 Å². The van der Waals surface area contributed by atoms with Gasteiger partial charge in [-0.15, -0.1) is 0 Å². The van der Waals surface area contributed by atoms with Crippen LogP contribution in [0.3, 0.4) is 0 Å². The lowest BCUT2D eigenvalue weighted by atomic mass is 9.79. The van der Waals surface area contributed by atoms with Crippen molar-refractivity contribution in [3.8, 4) is 0 Å². The molecule has 0 radical (unpaired) electrons. The third-order valence-corrected chi connectivity index (χ3v) is 3.98. The van der Waals surface area contributed by atoms with Crippen LogP contribution in [-0.2, 0) is 9.53 Å². The van der Waals surface area contributed by atoms with Crippen molar-refractivity contribution in [1.29, 1.82) is 0 Å². The lowest BCUT2D eigenvalue weighted by Gasteiger charge is -2.25. The van der Waals surface area contributed by atoms with Gasteiger partial charge in [0.15, 0.2) is 0 Å². The molecule has 3 atom stereocenters. The minimum Gasteiger partial charge on any atom is -0.481 e. The van der Waals surface area contributed by atoms with Crippen LogP contribution in [-0.4, -0.2) is 28.3 Å². The summed E-state index contributed by atoms with van der Waals surface area (Å²) >= 11 is 0. The predicted octanol–water partition coefficient (Wildman–Crippen LogP) is 2.92. The van der Waals surface area contributed by atoms with E-state index in [9.17, 15) is 9.90 Å². The fourth-order valence-electron chi connectivity index (χ4n) is 2.87. The summed E-state index contributed by atoms with van der Waals surface area (Å²) in [7, 11) is 1.62. The molecule has 0 spiro atoms. The number of carbonyl (C=O) groups is 1. The molecule has 6 nitrogen and oxygen atoms in total. The van der Waals surface area contributed by atoms with Gasteiger partial charge < -0.3 is 14.4 Å². The molecule has 1 N–H and O–H groups in total. The molecule has 2 rings (SSSR count). The summed E-state index contributed by atoms with van der Waals surface area (Å²) in [4.78, 5) is 15.7. The largest absolute Gasteiger partial charge is 0.481 e. The average molecular weight is 282 g/mol. The molecular formula is C14H22N2O4. The zero-order valence-corrected chi connectivity index (χ0v) is 12.0. The topological polar surface area (TPSA) is 85.5 Å². The van der Waals surface area contributed by atoms with E-state index in [1.165, 1.54) is 0 Å². The second kappa shape index (κ2) is 6.83. The Bertz CT molecular complexity index is 446. The number of ether oxygens (including phenoxy) is 1. The Morgan fingerprint density at radius 2 is 2.25 bits per heavy atom. The standard InChI is InChI=1S/C14H22N2O4/c1-3-6-11(19-2)12-15-13(20-16-12)9-7-4-5-8-10(9)14(17)18/h9-11H,3-8H2,1-2H3,(H,17,18). The lowest BCUT2D eigenvalue weighted by molar-refractivity contribution is -0.143. The number of hydrogen-bond acceptors (Lipinski definition) is 5. The van der Waals surface area contributed by atoms with Crippen LogP contribution in [0.1, 0.15) is 69.2 Å². The van der Waals surface area contributed by atoms with E-state index in [0.717, 1.165) is 32.1 Å². The first-order chi connectivity index (χ1) is 9.67. The third-order valence-electron chi connectivity index (χ3n) is 3.98. The Labute approximate surface area is 118 Å². The van der Waals surface area contributed by atoms with Crippen molar-refractivity contribution in [2.45, 2.75) is 57.5 Å². The van der Waals surface area contributed by atoms with E-state index in [0.29, 0.717) is 18.1 Å². The Morgan fingerprint density at radius 3 is 2.90 bits per heavy atom. The van der Waals surface area contributed by atoms with Gasteiger partial charge in [-0.3, -0.25) is 4.79 Å². The van der Waals surface area contributed by atoms with Crippen molar-refractivity contribution < 1.29 is 19.2 Å². The summed E-state index contributed by atoms with van der Waals surface area (Å²) in [5.74, 6) is -0.374. The number of carboxylic acid groups (broad SMARTS) is 1. The molecule has 20 heavy (non-hydrogen) atoms.